The van der Waals surface area contributed by atoms with Crippen molar-refractivity contribution < 1.29 is 0 Å². The summed E-state index contributed by atoms with van der Waals surface area (Å²) in [6.07, 6.45) is 0. The lowest BCUT2D eigenvalue weighted by atomic mass is 9.84. The van der Waals surface area contributed by atoms with Crippen LogP contribution in [-0.2, 0) is 5.41 Å². The predicted octanol–water partition coefficient (Wildman–Crippen LogP) is 2.63. The summed E-state index contributed by atoms with van der Waals surface area (Å²) in [6, 6.07) is 7.61. The van der Waals surface area contributed by atoms with Crippen LogP contribution in [0.3, 0.4) is 0 Å². The molecule has 1 heterocycles. The normalized spacial score (nSPS) is 11.7. The number of rotatable bonds is 2. The lowest BCUT2D eigenvalue weighted by Crippen LogP contribution is -2.27. The summed E-state index contributed by atoms with van der Waals surface area (Å²) in [5.74, 6) is 6.53. The van der Waals surface area contributed by atoms with Gasteiger partial charge in [-0.2, -0.15) is 5.10 Å². The van der Waals surface area contributed by atoms with E-state index in [0.29, 0.717) is 15.6 Å². The van der Waals surface area contributed by atoms with Crippen LogP contribution in [0, 0.1) is 4.77 Å². The molecule has 3 N–H and O–H groups in total. The van der Waals surface area contributed by atoms with E-state index in [9.17, 15) is 0 Å². The van der Waals surface area contributed by atoms with E-state index in [1.807, 2.05) is 38.1 Å². The monoisotopic (exact) mass is 268 g/mol. The highest BCUT2D eigenvalue weighted by atomic mass is 35.5. The second kappa shape index (κ2) is 4.16. The van der Waals surface area contributed by atoms with Crippen molar-refractivity contribution in [3.05, 3.63) is 45.4 Å². The van der Waals surface area contributed by atoms with Crippen LogP contribution in [0.1, 0.15) is 25.2 Å². The zero-order chi connectivity index (χ0) is 12.6. The first-order valence-corrected chi connectivity index (χ1v) is 5.90. The highest BCUT2D eigenvalue weighted by molar-refractivity contribution is 7.71. The van der Waals surface area contributed by atoms with E-state index in [4.69, 9.17) is 29.7 Å². The van der Waals surface area contributed by atoms with E-state index in [2.05, 4.69) is 10.2 Å². The number of nitrogens with two attached hydrogens (primary N) is 1. The summed E-state index contributed by atoms with van der Waals surface area (Å²) in [7, 11) is 0. The summed E-state index contributed by atoms with van der Waals surface area (Å²) in [4.78, 5) is 0. The fraction of sp³-hybridized carbons (Fsp3) is 0.273. The average Bonchev–Trinajstić information content (AvgIpc) is 2.61. The number of benzene rings is 1. The Hall–Kier alpha value is -1.33. The molecule has 0 unspecified atom stereocenters. The van der Waals surface area contributed by atoms with E-state index in [0.717, 1.165) is 5.56 Å². The first-order chi connectivity index (χ1) is 7.93. The quantitative estimate of drug-likeness (QED) is 0.650. The highest BCUT2D eigenvalue weighted by Gasteiger charge is 2.28. The van der Waals surface area contributed by atoms with Gasteiger partial charge in [0, 0.05) is 5.02 Å². The van der Waals surface area contributed by atoms with Crippen molar-refractivity contribution in [2.24, 2.45) is 0 Å². The molecule has 1 aromatic carbocycles. The minimum absolute atomic E-state index is 0.340. The second-order valence-electron chi connectivity index (χ2n) is 4.35. The molecule has 2 rings (SSSR count). The fourth-order valence-electron chi connectivity index (χ4n) is 1.74. The minimum Gasteiger partial charge on any atom is -0.335 e. The van der Waals surface area contributed by atoms with Crippen LogP contribution in [0.4, 0.5) is 0 Å². The molecule has 0 aliphatic rings. The number of halogens is 1. The number of aromatic nitrogens is 3. The van der Waals surface area contributed by atoms with E-state index < -0.39 is 0 Å². The molecule has 0 spiro atoms. The van der Waals surface area contributed by atoms with E-state index in [1.165, 1.54) is 4.68 Å². The Balaban J connectivity index is 2.53. The van der Waals surface area contributed by atoms with Gasteiger partial charge in [0.1, 0.15) is 0 Å². The predicted molar refractivity (Wildman–Crippen MR) is 71.1 cm³/mol. The average molecular weight is 269 g/mol. The maximum atomic E-state index is 5.87. The number of hydrogen-bond donors (Lipinski definition) is 2. The zero-order valence-corrected chi connectivity index (χ0v) is 11.1. The Morgan fingerprint density at radius 2 is 1.94 bits per heavy atom. The van der Waals surface area contributed by atoms with Gasteiger partial charge in [0.05, 0.1) is 5.41 Å². The van der Waals surface area contributed by atoms with Crippen molar-refractivity contribution in [3.63, 3.8) is 0 Å². The van der Waals surface area contributed by atoms with E-state index >= 15 is 0 Å². The largest absolute Gasteiger partial charge is 0.335 e. The van der Waals surface area contributed by atoms with Crippen molar-refractivity contribution >= 4 is 23.8 Å². The third-order valence-electron chi connectivity index (χ3n) is 2.83. The third kappa shape index (κ3) is 2.08. The van der Waals surface area contributed by atoms with Crippen molar-refractivity contribution in [2.75, 3.05) is 5.84 Å². The van der Waals surface area contributed by atoms with Gasteiger partial charge in [-0.05, 0) is 43.8 Å². The van der Waals surface area contributed by atoms with Crippen LogP contribution in [-0.4, -0.2) is 14.9 Å². The SMILES string of the molecule is CC(C)(c1ccc(Cl)cc1)c1n[nH]c(=S)n1N. The van der Waals surface area contributed by atoms with Gasteiger partial charge in [0.25, 0.3) is 0 Å². The Morgan fingerprint density at radius 3 is 2.41 bits per heavy atom. The summed E-state index contributed by atoms with van der Waals surface area (Å²) < 4.78 is 1.80. The van der Waals surface area contributed by atoms with Crippen molar-refractivity contribution in [1.82, 2.24) is 14.9 Å². The summed E-state index contributed by atoms with van der Waals surface area (Å²) in [5.41, 5.74) is 0.731. The molecule has 0 atom stereocenters. The third-order valence-corrected chi connectivity index (χ3v) is 3.37. The van der Waals surface area contributed by atoms with Crippen LogP contribution < -0.4 is 5.84 Å². The standard InChI is InChI=1S/C11H13ClN4S/c1-11(2,7-3-5-8(12)6-4-7)9-14-15-10(17)16(9)13/h3-6H,13H2,1-2H3,(H,15,17). The summed E-state index contributed by atoms with van der Waals surface area (Å²) >= 11 is 10.9. The number of aromatic amines is 1. The topological polar surface area (TPSA) is 59.6 Å². The van der Waals surface area contributed by atoms with Crippen LogP contribution in [0.2, 0.25) is 5.02 Å². The van der Waals surface area contributed by atoms with Gasteiger partial charge < -0.3 is 5.84 Å². The van der Waals surface area contributed by atoms with Crippen LogP contribution >= 0.6 is 23.8 Å². The first-order valence-electron chi connectivity index (χ1n) is 5.12. The van der Waals surface area contributed by atoms with Gasteiger partial charge in [0.15, 0.2) is 5.82 Å². The zero-order valence-electron chi connectivity index (χ0n) is 9.57. The van der Waals surface area contributed by atoms with Crippen LogP contribution in [0.5, 0.6) is 0 Å². The van der Waals surface area contributed by atoms with Gasteiger partial charge in [-0.3, -0.25) is 5.10 Å². The van der Waals surface area contributed by atoms with Gasteiger partial charge in [-0.25, -0.2) is 4.68 Å². The molecule has 17 heavy (non-hydrogen) atoms. The molecular weight excluding hydrogens is 256 g/mol. The van der Waals surface area contributed by atoms with Crippen molar-refractivity contribution in [1.29, 1.82) is 0 Å². The fourth-order valence-corrected chi connectivity index (χ4v) is 2.00. The van der Waals surface area contributed by atoms with Crippen LogP contribution in [0.15, 0.2) is 24.3 Å². The molecule has 90 valence electrons. The summed E-state index contributed by atoms with van der Waals surface area (Å²) in [5, 5.41) is 7.57. The van der Waals surface area contributed by atoms with Gasteiger partial charge >= 0.3 is 0 Å². The lowest BCUT2D eigenvalue weighted by Gasteiger charge is -2.23. The number of nitrogens with one attached hydrogen (secondary N) is 1. The Bertz CT molecular complexity index is 582. The lowest BCUT2D eigenvalue weighted by molar-refractivity contribution is 0.568. The Labute approximate surface area is 109 Å². The van der Waals surface area contributed by atoms with E-state index in [-0.39, 0.29) is 5.41 Å². The molecule has 0 aliphatic carbocycles. The Morgan fingerprint density at radius 1 is 1.35 bits per heavy atom. The molecule has 4 nitrogen and oxygen atoms in total. The molecular formula is C11H13ClN4S. The van der Waals surface area contributed by atoms with Crippen molar-refractivity contribution in [2.45, 2.75) is 19.3 Å². The van der Waals surface area contributed by atoms with Gasteiger partial charge in [0.2, 0.25) is 4.77 Å². The smallest absolute Gasteiger partial charge is 0.214 e. The van der Waals surface area contributed by atoms with Crippen molar-refractivity contribution in [3.8, 4) is 0 Å². The second-order valence-corrected chi connectivity index (χ2v) is 5.18. The highest BCUT2D eigenvalue weighted by Crippen LogP contribution is 2.30. The Kier molecular flexibility index (Phi) is 2.97. The number of nitrogens with zero attached hydrogens (tertiary/aromatic N) is 2. The maximum Gasteiger partial charge on any atom is 0.214 e. The molecule has 0 amide bonds. The van der Waals surface area contributed by atoms with Gasteiger partial charge in [-0.1, -0.05) is 23.7 Å². The molecule has 0 aliphatic heterocycles. The molecule has 0 bridgehead atoms. The van der Waals surface area contributed by atoms with Gasteiger partial charge in [-0.15, -0.1) is 0 Å². The summed E-state index contributed by atoms with van der Waals surface area (Å²) in [6.45, 7) is 4.06. The maximum absolute atomic E-state index is 5.87. The molecule has 2 aromatic rings. The first kappa shape index (κ1) is 12.1. The molecule has 6 heteroatoms. The molecule has 1 aromatic heterocycles. The minimum atomic E-state index is -0.340. The number of nitrogen functional groups attached to an aromatic ring is 1. The van der Waals surface area contributed by atoms with E-state index in [1.54, 1.807) is 0 Å². The number of hydrogen-bond acceptors (Lipinski definition) is 3. The molecule has 0 saturated carbocycles. The number of H-pyrrole nitrogens is 1. The molecule has 0 saturated heterocycles. The van der Waals surface area contributed by atoms with Crippen LogP contribution in [0.25, 0.3) is 0 Å². The molecule has 0 radical (unpaired) electrons. The molecule has 0 fully saturated rings.